The molecule has 0 amide bonds. The smallest absolute Gasteiger partial charge is 0.216 e. The van der Waals surface area contributed by atoms with Crippen LogP contribution < -0.4 is 4.74 Å². The van der Waals surface area contributed by atoms with Crippen LogP contribution in [0.1, 0.15) is 5.56 Å². The highest BCUT2D eigenvalue weighted by Gasteiger charge is 2.10. The molecule has 0 aliphatic carbocycles. The summed E-state index contributed by atoms with van der Waals surface area (Å²) < 4.78 is 5.19. The highest BCUT2D eigenvalue weighted by atomic mass is 16.5. The molecule has 0 bridgehead atoms. The highest BCUT2D eigenvalue weighted by molar-refractivity contribution is 5.28. The van der Waals surface area contributed by atoms with E-state index >= 15 is 0 Å². The minimum absolute atomic E-state index is 0.798. The van der Waals surface area contributed by atoms with Gasteiger partial charge in [0.1, 0.15) is 0 Å². The normalized spacial score (nSPS) is 14.7. The third-order valence-electron chi connectivity index (χ3n) is 1.46. The molecule has 0 spiro atoms. The van der Waals surface area contributed by atoms with Crippen molar-refractivity contribution in [2.24, 2.45) is 0 Å². The van der Waals surface area contributed by atoms with E-state index in [1.54, 1.807) is 6.20 Å². The topological polar surface area (TPSA) is 22.1 Å². The van der Waals surface area contributed by atoms with Crippen LogP contribution in [0, 0.1) is 0 Å². The Morgan fingerprint density at radius 2 is 2.56 bits per heavy atom. The number of hydrogen-bond acceptors (Lipinski definition) is 2. The van der Waals surface area contributed by atoms with Gasteiger partial charge in [-0.25, -0.2) is 4.98 Å². The molecule has 2 heterocycles. The summed E-state index contributed by atoms with van der Waals surface area (Å²) in [5.74, 6) is 0.817. The second kappa shape index (κ2) is 1.72. The van der Waals surface area contributed by atoms with Gasteiger partial charge in [-0.1, -0.05) is 6.07 Å². The Bertz CT molecular complexity index is 199. The van der Waals surface area contributed by atoms with Gasteiger partial charge >= 0.3 is 0 Å². The predicted molar refractivity (Wildman–Crippen MR) is 33.4 cm³/mol. The van der Waals surface area contributed by atoms with E-state index in [0.717, 1.165) is 18.9 Å². The molecule has 2 nitrogen and oxygen atoms in total. The summed E-state index contributed by atoms with van der Waals surface area (Å²) in [4.78, 5) is 4.04. The van der Waals surface area contributed by atoms with Gasteiger partial charge in [-0.3, -0.25) is 0 Å². The maximum absolute atomic E-state index is 5.19. The first kappa shape index (κ1) is 4.79. The van der Waals surface area contributed by atoms with E-state index in [2.05, 4.69) is 11.1 Å². The monoisotopic (exact) mass is 121 g/mol. The number of pyridine rings is 1. The average molecular weight is 121 g/mol. The molecule has 0 saturated heterocycles. The summed E-state index contributed by atoms with van der Waals surface area (Å²) >= 11 is 0. The van der Waals surface area contributed by atoms with Crippen molar-refractivity contribution in [3.63, 3.8) is 0 Å². The summed E-state index contributed by atoms with van der Waals surface area (Å²) in [6.07, 6.45) is 2.77. The Balaban J connectivity index is 2.54. The number of nitrogens with zero attached hydrogens (tertiary/aromatic N) is 1. The number of aromatic nitrogens is 1. The molecule has 9 heavy (non-hydrogen) atoms. The van der Waals surface area contributed by atoms with Crippen LogP contribution in [0.4, 0.5) is 0 Å². The van der Waals surface area contributed by atoms with Crippen molar-refractivity contribution >= 4 is 0 Å². The van der Waals surface area contributed by atoms with Crippen LogP contribution in [0.15, 0.2) is 18.3 Å². The van der Waals surface area contributed by atoms with Gasteiger partial charge in [-0.05, 0) is 6.07 Å². The van der Waals surface area contributed by atoms with Crippen molar-refractivity contribution in [2.75, 3.05) is 6.61 Å². The van der Waals surface area contributed by atoms with E-state index in [1.807, 2.05) is 6.07 Å². The Labute approximate surface area is 53.5 Å². The second-order valence-corrected chi connectivity index (χ2v) is 2.07. The van der Waals surface area contributed by atoms with Crippen molar-refractivity contribution in [3.8, 4) is 5.88 Å². The lowest BCUT2D eigenvalue weighted by Crippen LogP contribution is -1.87. The van der Waals surface area contributed by atoms with Gasteiger partial charge in [0.25, 0.3) is 0 Å². The van der Waals surface area contributed by atoms with Gasteiger partial charge in [0.15, 0.2) is 0 Å². The fraction of sp³-hybridized carbons (Fsp3) is 0.286. The second-order valence-electron chi connectivity index (χ2n) is 2.07. The molecule has 46 valence electrons. The van der Waals surface area contributed by atoms with Crippen LogP contribution in [-0.4, -0.2) is 11.6 Å². The fourth-order valence-electron chi connectivity index (χ4n) is 1.00. The van der Waals surface area contributed by atoms with Crippen molar-refractivity contribution in [1.29, 1.82) is 0 Å². The number of fused-ring (bicyclic) bond motifs is 1. The molecule has 2 rings (SSSR count). The minimum atomic E-state index is 0.798. The Hall–Kier alpha value is -1.05. The van der Waals surface area contributed by atoms with Gasteiger partial charge in [0.05, 0.1) is 6.61 Å². The quantitative estimate of drug-likeness (QED) is 0.511. The third-order valence-corrected chi connectivity index (χ3v) is 1.46. The number of hydrogen-bond donors (Lipinski definition) is 0. The zero-order chi connectivity index (χ0) is 6.10. The van der Waals surface area contributed by atoms with Gasteiger partial charge in [-0.2, -0.15) is 0 Å². The molecule has 1 aliphatic heterocycles. The molecule has 0 N–H and O–H groups in total. The lowest BCUT2D eigenvalue weighted by Gasteiger charge is -1.92. The first-order valence-electron chi connectivity index (χ1n) is 3.03. The standard InChI is InChI=1S/C7H7NO/c1-2-6-3-5-9-7(6)8-4-1/h1-2,4H,3,5H2. The molecule has 0 atom stereocenters. The van der Waals surface area contributed by atoms with Gasteiger partial charge < -0.3 is 4.74 Å². The third kappa shape index (κ3) is 0.669. The first-order chi connectivity index (χ1) is 4.47. The molecule has 1 aliphatic rings. The van der Waals surface area contributed by atoms with Gasteiger partial charge in [0.2, 0.25) is 5.88 Å². The Kier molecular flexibility index (Phi) is 0.918. The number of ether oxygens (including phenoxy) is 1. The molecule has 2 heteroatoms. The lowest BCUT2D eigenvalue weighted by molar-refractivity contribution is 0.345. The van der Waals surface area contributed by atoms with Crippen molar-refractivity contribution in [3.05, 3.63) is 23.9 Å². The predicted octanol–water partition coefficient (Wildman–Crippen LogP) is 1.02. The maximum atomic E-state index is 5.19. The van der Waals surface area contributed by atoms with Crippen LogP contribution in [0.3, 0.4) is 0 Å². The van der Waals surface area contributed by atoms with E-state index in [4.69, 9.17) is 4.74 Å². The van der Waals surface area contributed by atoms with Crippen LogP contribution in [0.25, 0.3) is 0 Å². The molecular formula is C7H7NO. The summed E-state index contributed by atoms with van der Waals surface area (Å²) in [6.45, 7) is 0.798. The van der Waals surface area contributed by atoms with Crippen LogP contribution >= 0.6 is 0 Å². The summed E-state index contributed by atoms with van der Waals surface area (Å²) in [5, 5.41) is 0. The first-order valence-corrected chi connectivity index (χ1v) is 3.03. The molecule has 0 aromatic carbocycles. The zero-order valence-corrected chi connectivity index (χ0v) is 5.00. The van der Waals surface area contributed by atoms with E-state index in [-0.39, 0.29) is 0 Å². The van der Waals surface area contributed by atoms with Crippen LogP contribution in [0.5, 0.6) is 5.88 Å². The van der Waals surface area contributed by atoms with E-state index in [0.29, 0.717) is 0 Å². The minimum Gasteiger partial charge on any atom is -0.477 e. The van der Waals surface area contributed by atoms with Crippen LogP contribution in [0.2, 0.25) is 0 Å². The van der Waals surface area contributed by atoms with E-state index < -0.39 is 0 Å². The maximum Gasteiger partial charge on any atom is 0.216 e. The summed E-state index contributed by atoms with van der Waals surface area (Å²) in [6, 6.07) is 3.99. The zero-order valence-electron chi connectivity index (χ0n) is 5.00. The Morgan fingerprint density at radius 3 is 3.44 bits per heavy atom. The average Bonchev–Trinajstić information content (AvgIpc) is 2.33. The number of rotatable bonds is 0. The Morgan fingerprint density at radius 1 is 1.56 bits per heavy atom. The van der Waals surface area contributed by atoms with Crippen LogP contribution in [-0.2, 0) is 6.42 Å². The summed E-state index contributed by atoms with van der Waals surface area (Å²) in [5.41, 5.74) is 1.23. The molecule has 1 aromatic rings. The van der Waals surface area contributed by atoms with E-state index in [1.165, 1.54) is 5.56 Å². The van der Waals surface area contributed by atoms with Crippen molar-refractivity contribution in [2.45, 2.75) is 6.42 Å². The SMILES string of the molecule is c1cnc2c(c1)CCO2. The molecule has 0 saturated carbocycles. The fourth-order valence-corrected chi connectivity index (χ4v) is 1.00. The molecule has 0 radical (unpaired) electrons. The molecular weight excluding hydrogens is 114 g/mol. The highest BCUT2D eigenvalue weighted by Crippen LogP contribution is 2.19. The lowest BCUT2D eigenvalue weighted by atomic mass is 10.2. The molecule has 0 unspecified atom stereocenters. The van der Waals surface area contributed by atoms with Gasteiger partial charge in [0, 0.05) is 18.2 Å². The molecule has 1 aromatic heterocycles. The largest absolute Gasteiger partial charge is 0.477 e. The molecule has 0 fully saturated rings. The summed E-state index contributed by atoms with van der Waals surface area (Å²) in [7, 11) is 0. The van der Waals surface area contributed by atoms with Crippen molar-refractivity contribution < 1.29 is 4.74 Å². The van der Waals surface area contributed by atoms with Gasteiger partial charge in [-0.15, -0.1) is 0 Å². The van der Waals surface area contributed by atoms with E-state index in [9.17, 15) is 0 Å². The van der Waals surface area contributed by atoms with Crippen molar-refractivity contribution in [1.82, 2.24) is 4.98 Å².